The smallest absolute Gasteiger partial charge is 0.331 e. The molecule has 0 radical (unpaired) electrons. The molecular formula is C14H17N3O3S. The Morgan fingerprint density at radius 2 is 2.00 bits per heavy atom. The van der Waals surface area contributed by atoms with Crippen molar-refractivity contribution in [3.63, 3.8) is 0 Å². The molecule has 0 unspecified atom stereocenters. The maximum Gasteiger partial charge on any atom is 0.331 e. The third-order valence-electron chi connectivity index (χ3n) is 2.81. The van der Waals surface area contributed by atoms with E-state index in [4.69, 9.17) is 10.5 Å². The van der Waals surface area contributed by atoms with Crippen LogP contribution in [-0.2, 0) is 11.5 Å². The van der Waals surface area contributed by atoms with Crippen molar-refractivity contribution < 1.29 is 4.74 Å². The van der Waals surface area contributed by atoms with Crippen LogP contribution in [0.25, 0.3) is 0 Å². The number of nitrogens with zero attached hydrogens (tertiary/aromatic N) is 1. The average Bonchev–Trinajstić information content (AvgIpc) is 2.49. The summed E-state index contributed by atoms with van der Waals surface area (Å²) in [6.07, 6.45) is 0. The minimum atomic E-state index is -0.485. The first kappa shape index (κ1) is 15.6. The van der Waals surface area contributed by atoms with E-state index in [0.29, 0.717) is 23.7 Å². The number of nitrogens with two attached hydrogens (primary N) is 1. The highest BCUT2D eigenvalue weighted by Crippen LogP contribution is 2.27. The Morgan fingerprint density at radius 1 is 1.29 bits per heavy atom. The van der Waals surface area contributed by atoms with Gasteiger partial charge in [-0.1, -0.05) is 30.0 Å². The van der Waals surface area contributed by atoms with Gasteiger partial charge in [0.1, 0.15) is 6.73 Å². The van der Waals surface area contributed by atoms with E-state index in [1.165, 1.54) is 16.3 Å². The summed E-state index contributed by atoms with van der Waals surface area (Å²) in [4.78, 5) is 27.0. The average molecular weight is 307 g/mol. The van der Waals surface area contributed by atoms with Gasteiger partial charge in [0.25, 0.3) is 5.56 Å². The van der Waals surface area contributed by atoms with Crippen LogP contribution in [0.5, 0.6) is 0 Å². The van der Waals surface area contributed by atoms with Crippen LogP contribution in [0.1, 0.15) is 5.56 Å². The third kappa shape index (κ3) is 3.84. The molecule has 1 aromatic heterocycles. The van der Waals surface area contributed by atoms with E-state index in [1.54, 1.807) is 6.92 Å². The fourth-order valence-electron chi connectivity index (χ4n) is 1.74. The van der Waals surface area contributed by atoms with Crippen LogP contribution in [-0.4, -0.2) is 22.7 Å². The minimum Gasteiger partial charge on any atom is -0.359 e. The minimum absolute atomic E-state index is 0.0584. The van der Waals surface area contributed by atoms with Crippen molar-refractivity contribution in [1.82, 2.24) is 9.55 Å². The van der Waals surface area contributed by atoms with Gasteiger partial charge in [-0.05, 0) is 19.1 Å². The van der Waals surface area contributed by atoms with E-state index in [9.17, 15) is 9.59 Å². The van der Waals surface area contributed by atoms with E-state index >= 15 is 0 Å². The number of rotatable bonds is 6. The molecule has 0 aliphatic carbocycles. The molecule has 0 aliphatic heterocycles. The second-order valence-electron chi connectivity index (χ2n) is 4.36. The number of aromatic amines is 1. The molecule has 2 rings (SSSR count). The highest BCUT2D eigenvalue weighted by atomic mass is 32.2. The maximum atomic E-state index is 12.0. The lowest BCUT2D eigenvalue weighted by Crippen LogP contribution is -2.34. The van der Waals surface area contributed by atoms with E-state index in [2.05, 4.69) is 4.98 Å². The van der Waals surface area contributed by atoms with Crippen LogP contribution in [0.3, 0.4) is 0 Å². The number of benzene rings is 1. The molecule has 2 aromatic rings. The summed E-state index contributed by atoms with van der Waals surface area (Å²) >= 11 is 1.36. The zero-order valence-corrected chi connectivity index (χ0v) is 12.5. The predicted molar refractivity (Wildman–Crippen MR) is 81.6 cm³/mol. The van der Waals surface area contributed by atoms with Gasteiger partial charge in [0.15, 0.2) is 0 Å². The second kappa shape index (κ2) is 7.26. The monoisotopic (exact) mass is 307 g/mol. The summed E-state index contributed by atoms with van der Waals surface area (Å²) in [6, 6.07) is 9.55. The first-order valence-electron chi connectivity index (χ1n) is 6.48. The lowest BCUT2D eigenvalue weighted by atomic mass is 10.4. The highest BCUT2D eigenvalue weighted by Gasteiger charge is 2.13. The molecule has 1 heterocycles. The van der Waals surface area contributed by atoms with Crippen molar-refractivity contribution in [2.24, 2.45) is 5.73 Å². The van der Waals surface area contributed by atoms with Crippen molar-refractivity contribution in [3.8, 4) is 0 Å². The molecule has 0 aliphatic rings. The summed E-state index contributed by atoms with van der Waals surface area (Å²) in [6.45, 7) is 2.46. The van der Waals surface area contributed by atoms with E-state index < -0.39 is 5.69 Å². The lowest BCUT2D eigenvalue weighted by Gasteiger charge is -2.14. The molecule has 6 nitrogen and oxygen atoms in total. The summed E-state index contributed by atoms with van der Waals surface area (Å²) in [5.74, 6) is 0. The molecule has 0 saturated heterocycles. The van der Waals surface area contributed by atoms with Crippen molar-refractivity contribution in [2.45, 2.75) is 23.6 Å². The van der Waals surface area contributed by atoms with E-state index in [0.717, 1.165) is 4.90 Å². The highest BCUT2D eigenvalue weighted by molar-refractivity contribution is 7.99. The molecule has 0 fully saturated rings. The fourth-order valence-corrected chi connectivity index (χ4v) is 2.75. The first-order valence-corrected chi connectivity index (χ1v) is 7.29. The van der Waals surface area contributed by atoms with Gasteiger partial charge in [-0.25, -0.2) is 4.79 Å². The fraction of sp³-hybridized carbons (Fsp3) is 0.286. The Bertz CT molecular complexity index is 710. The molecule has 0 atom stereocenters. The van der Waals surface area contributed by atoms with Gasteiger partial charge in [-0.2, -0.15) is 0 Å². The van der Waals surface area contributed by atoms with Gasteiger partial charge >= 0.3 is 5.69 Å². The maximum absolute atomic E-state index is 12.0. The summed E-state index contributed by atoms with van der Waals surface area (Å²) < 4.78 is 6.73. The Labute approximate surface area is 125 Å². The Kier molecular flexibility index (Phi) is 5.38. The van der Waals surface area contributed by atoms with Crippen molar-refractivity contribution in [2.75, 3.05) is 13.2 Å². The number of H-pyrrole nitrogens is 1. The van der Waals surface area contributed by atoms with Gasteiger partial charge < -0.3 is 10.5 Å². The van der Waals surface area contributed by atoms with Crippen molar-refractivity contribution >= 4 is 11.8 Å². The predicted octanol–water partition coefficient (Wildman–Crippen LogP) is 0.929. The quantitative estimate of drug-likeness (QED) is 0.612. The van der Waals surface area contributed by atoms with Gasteiger partial charge in [0, 0.05) is 17.0 Å². The van der Waals surface area contributed by atoms with E-state index in [1.807, 2.05) is 30.3 Å². The van der Waals surface area contributed by atoms with Gasteiger partial charge in [0.2, 0.25) is 0 Å². The SMILES string of the molecule is Cc1c(Sc2ccccc2)n(COCCN)c(=O)[nH]c1=O. The zero-order chi connectivity index (χ0) is 15.2. The molecule has 21 heavy (non-hydrogen) atoms. The lowest BCUT2D eigenvalue weighted by molar-refractivity contribution is 0.0736. The summed E-state index contributed by atoms with van der Waals surface area (Å²) in [5, 5.41) is 0.576. The summed E-state index contributed by atoms with van der Waals surface area (Å²) in [5.41, 5.74) is 4.99. The van der Waals surface area contributed by atoms with Crippen LogP contribution in [0.2, 0.25) is 0 Å². The Hall–Kier alpha value is -1.83. The molecule has 3 N–H and O–H groups in total. The molecular weight excluding hydrogens is 290 g/mol. The van der Waals surface area contributed by atoms with Crippen molar-refractivity contribution in [1.29, 1.82) is 0 Å². The molecule has 7 heteroatoms. The molecule has 0 amide bonds. The zero-order valence-electron chi connectivity index (χ0n) is 11.7. The summed E-state index contributed by atoms with van der Waals surface area (Å²) in [7, 11) is 0. The number of nitrogens with one attached hydrogen (secondary N) is 1. The Balaban J connectivity index is 2.41. The number of ether oxygens (including phenoxy) is 1. The van der Waals surface area contributed by atoms with Gasteiger partial charge in [-0.15, -0.1) is 0 Å². The first-order chi connectivity index (χ1) is 10.1. The molecule has 0 bridgehead atoms. The third-order valence-corrected chi connectivity index (χ3v) is 4.04. The number of hydrogen-bond donors (Lipinski definition) is 2. The van der Waals surface area contributed by atoms with Gasteiger partial charge in [-0.3, -0.25) is 14.3 Å². The topological polar surface area (TPSA) is 90.1 Å². The van der Waals surface area contributed by atoms with Crippen LogP contribution in [0.4, 0.5) is 0 Å². The van der Waals surface area contributed by atoms with Crippen LogP contribution in [0, 0.1) is 6.92 Å². The van der Waals surface area contributed by atoms with Crippen LogP contribution >= 0.6 is 11.8 Å². The Morgan fingerprint density at radius 3 is 2.67 bits per heavy atom. The molecule has 0 saturated carbocycles. The molecule has 1 aromatic carbocycles. The number of aromatic nitrogens is 2. The molecule has 112 valence electrons. The molecule has 0 spiro atoms. The van der Waals surface area contributed by atoms with Gasteiger partial charge in [0.05, 0.1) is 11.6 Å². The number of hydrogen-bond acceptors (Lipinski definition) is 5. The van der Waals surface area contributed by atoms with Crippen molar-refractivity contribution in [3.05, 3.63) is 56.7 Å². The standard InChI is InChI=1S/C14H17N3O3S/c1-10-12(18)16-14(19)17(9-20-8-7-15)13(10)21-11-5-3-2-4-6-11/h2-6H,7-9,15H2,1H3,(H,16,18,19). The normalized spacial score (nSPS) is 10.8. The second-order valence-corrected chi connectivity index (χ2v) is 5.42. The largest absolute Gasteiger partial charge is 0.359 e. The van der Waals surface area contributed by atoms with Crippen LogP contribution in [0.15, 0.2) is 49.8 Å². The van der Waals surface area contributed by atoms with E-state index in [-0.39, 0.29) is 12.3 Å². The van der Waals surface area contributed by atoms with Crippen LogP contribution < -0.4 is 17.0 Å².